The van der Waals surface area contributed by atoms with Gasteiger partial charge in [0.25, 0.3) is 5.91 Å². The van der Waals surface area contributed by atoms with Gasteiger partial charge in [-0.05, 0) is 41.0 Å². The second kappa shape index (κ2) is 9.70. The largest absolute Gasteiger partial charge is 0.481 e. The smallest absolute Gasteiger partial charge is 0.407 e. The molecule has 2 heterocycles. The maximum absolute atomic E-state index is 13.1. The first-order chi connectivity index (χ1) is 16.9. The lowest BCUT2D eigenvalue weighted by Crippen LogP contribution is -2.53. The van der Waals surface area contributed by atoms with Crippen molar-refractivity contribution >= 4 is 18.0 Å². The van der Waals surface area contributed by atoms with E-state index in [1.165, 1.54) is 0 Å². The third kappa shape index (κ3) is 4.50. The third-order valence-corrected chi connectivity index (χ3v) is 7.57. The van der Waals surface area contributed by atoms with Gasteiger partial charge in [0.2, 0.25) is 0 Å². The maximum Gasteiger partial charge on any atom is 0.407 e. The molecule has 2 fully saturated rings. The number of hydrogen-bond acceptors (Lipinski definition) is 5. The van der Waals surface area contributed by atoms with Crippen molar-refractivity contribution in [3.63, 3.8) is 0 Å². The molecule has 3 aliphatic rings. The number of aliphatic carboxylic acids is 1. The average molecular weight is 479 g/mol. The highest BCUT2D eigenvalue weighted by atomic mass is 16.6. The first-order valence-corrected chi connectivity index (χ1v) is 12.2. The number of piperidine rings is 1. The molecule has 1 aliphatic carbocycles. The molecule has 2 saturated heterocycles. The minimum atomic E-state index is -0.893. The molecule has 0 saturated carbocycles. The number of carboxylic acids is 1. The lowest BCUT2D eigenvalue weighted by atomic mass is 9.87. The summed E-state index contributed by atoms with van der Waals surface area (Å²) in [5, 5.41) is 12.3. The number of ether oxygens (including phenoxy) is 2. The molecule has 35 heavy (non-hydrogen) atoms. The topological polar surface area (TPSA) is 105 Å². The number of amides is 2. The summed E-state index contributed by atoms with van der Waals surface area (Å²) in [7, 11) is 0. The normalized spacial score (nSPS) is 25.6. The summed E-state index contributed by atoms with van der Waals surface area (Å²) in [5.74, 6) is -1.80. The van der Waals surface area contributed by atoms with E-state index in [2.05, 4.69) is 29.6 Å². The van der Waals surface area contributed by atoms with Gasteiger partial charge in [0.05, 0.1) is 12.0 Å². The van der Waals surface area contributed by atoms with Crippen LogP contribution in [0.4, 0.5) is 4.79 Å². The van der Waals surface area contributed by atoms with Gasteiger partial charge in [-0.1, -0.05) is 55.5 Å². The van der Waals surface area contributed by atoms with E-state index in [4.69, 9.17) is 9.47 Å². The summed E-state index contributed by atoms with van der Waals surface area (Å²) in [4.78, 5) is 39.0. The van der Waals surface area contributed by atoms with E-state index >= 15 is 0 Å². The van der Waals surface area contributed by atoms with Gasteiger partial charge in [0.15, 0.2) is 6.10 Å². The number of alkyl carbamates (subject to hydrolysis) is 1. The van der Waals surface area contributed by atoms with Crippen LogP contribution in [0.15, 0.2) is 48.5 Å². The molecule has 8 heteroatoms. The van der Waals surface area contributed by atoms with E-state index in [9.17, 15) is 19.5 Å². The fourth-order valence-electron chi connectivity index (χ4n) is 5.54. The number of carbonyl (C=O) groups excluding carboxylic acids is 2. The molecule has 2 aromatic carbocycles. The zero-order chi connectivity index (χ0) is 24.5. The molecule has 8 nitrogen and oxygen atoms in total. The maximum atomic E-state index is 13.1. The van der Waals surface area contributed by atoms with Crippen LogP contribution in [-0.2, 0) is 19.1 Å². The van der Waals surface area contributed by atoms with Crippen molar-refractivity contribution in [3.05, 3.63) is 59.7 Å². The molecule has 2 aliphatic heterocycles. The van der Waals surface area contributed by atoms with Crippen molar-refractivity contribution in [2.45, 2.75) is 37.8 Å². The highest BCUT2D eigenvalue weighted by molar-refractivity contribution is 5.84. The van der Waals surface area contributed by atoms with Crippen molar-refractivity contribution in [3.8, 4) is 11.1 Å². The Labute approximate surface area is 204 Å². The molecule has 184 valence electrons. The number of likely N-dealkylation sites (tertiary alicyclic amines) is 1. The van der Waals surface area contributed by atoms with Crippen molar-refractivity contribution in [1.29, 1.82) is 0 Å². The van der Waals surface area contributed by atoms with Gasteiger partial charge in [-0.15, -0.1) is 0 Å². The Hall–Kier alpha value is -3.39. The molecular weight excluding hydrogens is 448 g/mol. The minimum Gasteiger partial charge on any atom is -0.481 e. The van der Waals surface area contributed by atoms with Crippen LogP contribution < -0.4 is 5.32 Å². The SMILES string of the molecule is CC1CCN(C(=O)[C@H]2OCC[C@H]2NC(=O)OCC2c3ccccc3-c3ccccc32)CC1C(=O)O. The van der Waals surface area contributed by atoms with Crippen molar-refractivity contribution in [2.24, 2.45) is 11.8 Å². The zero-order valence-electron chi connectivity index (χ0n) is 19.7. The Morgan fingerprint density at radius 1 is 1.06 bits per heavy atom. The number of nitrogens with one attached hydrogen (secondary N) is 1. The Bertz CT molecular complexity index is 1090. The Balaban J connectivity index is 1.20. The van der Waals surface area contributed by atoms with Crippen LogP contribution in [-0.4, -0.2) is 66.4 Å². The van der Waals surface area contributed by atoms with E-state index in [0.717, 1.165) is 22.3 Å². The van der Waals surface area contributed by atoms with Crippen LogP contribution in [0.2, 0.25) is 0 Å². The molecule has 2 amide bonds. The second-order valence-corrected chi connectivity index (χ2v) is 9.65. The summed E-state index contributed by atoms with van der Waals surface area (Å²) >= 11 is 0. The number of hydrogen-bond donors (Lipinski definition) is 2. The highest BCUT2D eigenvalue weighted by Gasteiger charge is 2.41. The summed E-state index contributed by atoms with van der Waals surface area (Å²) in [6.45, 7) is 3.08. The number of benzene rings is 2. The van der Waals surface area contributed by atoms with E-state index in [1.807, 2.05) is 31.2 Å². The van der Waals surface area contributed by atoms with Crippen LogP contribution in [0.5, 0.6) is 0 Å². The predicted octanol–water partition coefficient (Wildman–Crippen LogP) is 3.25. The lowest BCUT2D eigenvalue weighted by Gasteiger charge is -2.36. The molecule has 4 atom stereocenters. The van der Waals surface area contributed by atoms with Gasteiger partial charge >= 0.3 is 12.1 Å². The average Bonchev–Trinajstić information content (AvgIpc) is 3.45. The number of carboxylic acid groups (broad SMARTS) is 1. The monoisotopic (exact) mass is 478 g/mol. The molecule has 0 radical (unpaired) electrons. The number of fused-ring (bicyclic) bond motifs is 3. The molecule has 2 unspecified atom stereocenters. The first-order valence-electron chi connectivity index (χ1n) is 12.2. The van der Waals surface area contributed by atoms with Crippen molar-refractivity contribution in [2.75, 3.05) is 26.3 Å². The van der Waals surface area contributed by atoms with Crippen LogP contribution in [0.25, 0.3) is 11.1 Å². The van der Waals surface area contributed by atoms with Gasteiger partial charge in [-0.2, -0.15) is 0 Å². The lowest BCUT2D eigenvalue weighted by molar-refractivity contribution is -0.151. The van der Waals surface area contributed by atoms with Gasteiger partial charge in [-0.25, -0.2) is 4.79 Å². The van der Waals surface area contributed by atoms with Gasteiger partial charge in [0, 0.05) is 25.6 Å². The molecule has 5 rings (SSSR count). The first kappa shape index (κ1) is 23.4. The second-order valence-electron chi connectivity index (χ2n) is 9.65. The fraction of sp³-hybridized carbons (Fsp3) is 0.444. The summed E-state index contributed by atoms with van der Waals surface area (Å²) < 4.78 is 11.3. The van der Waals surface area contributed by atoms with Crippen LogP contribution >= 0.6 is 0 Å². The number of carbonyl (C=O) groups is 3. The molecular formula is C27H30N2O6. The molecule has 0 aromatic heterocycles. The number of nitrogens with zero attached hydrogens (tertiary/aromatic N) is 1. The van der Waals surface area contributed by atoms with E-state index in [0.29, 0.717) is 26.0 Å². The van der Waals surface area contributed by atoms with Gasteiger partial charge in [0.1, 0.15) is 6.61 Å². The predicted molar refractivity (Wildman–Crippen MR) is 128 cm³/mol. The quantitative estimate of drug-likeness (QED) is 0.684. The third-order valence-electron chi connectivity index (χ3n) is 7.57. The fourth-order valence-corrected chi connectivity index (χ4v) is 5.54. The minimum absolute atomic E-state index is 0.00999. The summed E-state index contributed by atoms with van der Waals surface area (Å²) in [6.07, 6.45) is -0.304. The van der Waals surface area contributed by atoms with E-state index < -0.39 is 30.1 Å². The van der Waals surface area contributed by atoms with Gasteiger partial charge in [-0.3, -0.25) is 9.59 Å². The summed E-state index contributed by atoms with van der Waals surface area (Å²) in [5.41, 5.74) is 4.57. The Morgan fingerprint density at radius 2 is 1.71 bits per heavy atom. The van der Waals surface area contributed by atoms with Crippen molar-refractivity contribution < 1.29 is 29.0 Å². The molecule has 2 N–H and O–H groups in total. The Morgan fingerprint density at radius 3 is 2.37 bits per heavy atom. The summed E-state index contributed by atoms with van der Waals surface area (Å²) in [6, 6.07) is 15.7. The van der Waals surface area contributed by atoms with Gasteiger partial charge < -0.3 is 24.8 Å². The molecule has 0 bridgehead atoms. The zero-order valence-corrected chi connectivity index (χ0v) is 19.7. The Kier molecular flexibility index (Phi) is 6.47. The standard InChI is InChI=1S/C27H30N2O6/c1-16-10-12-29(14-21(16)26(31)32)25(30)24-23(11-13-34-24)28-27(33)35-15-22-19-8-4-2-6-17(19)18-7-3-5-9-20(18)22/h2-9,16,21-24H,10-15H2,1H3,(H,28,33)(H,31,32)/t16?,21?,23-,24+/m1/s1. The van der Waals surface area contributed by atoms with Crippen LogP contribution in [0, 0.1) is 11.8 Å². The van der Waals surface area contributed by atoms with Crippen LogP contribution in [0.1, 0.15) is 36.8 Å². The van der Waals surface area contributed by atoms with Crippen molar-refractivity contribution in [1.82, 2.24) is 10.2 Å². The van der Waals surface area contributed by atoms with Crippen LogP contribution in [0.3, 0.4) is 0 Å². The van der Waals surface area contributed by atoms with E-state index in [1.54, 1.807) is 4.90 Å². The molecule has 0 spiro atoms. The number of rotatable bonds is 5. The molecule has 2 aromatic rings. The van der Waals surface area contributed by atoms with E-state index in [-0.39, 0.29) is 30.9 Å². The highest BCUT2D eigenvalue weighted by Crippen LogP contribution is 2.44.